The minimum atomic E-state index is -0.262. The lowest BCUT2D eigenvalue weighted by molar-refractivity contribution is -0.127. The third-order valence-electron chi connectivity index (χ3n) is 3.63. The van der Waals surface area contributed by atoms with Crippen molar-refractivity contribution in [3.63, 3.8) is 0 Å². The number of anilines is 1. The zero-order valence-electron chi connectivity index (χ0n) is 11.9. The lowest BCUT2D eigenvalue weighted by Gasteiger charge is -2.22. The molecule has 0 atom stereocenters. The van der Waals surface area contributed by atoms with Crippen LogP contribution in [-0.4, -0.2) is 17.9 Å². The predicted octanol–water partition coefficient (Wildman–Crippen LogP) is 2.77. The third-order valence-corrected chi connectivity index (χ3v) is 3.63. The maximum atomic E-state index is 11.8. The van der Waals surface area contributed by atoms with Crippen molar-refractivity contribution >= 4 is 17.5 Å². The van der Waals surface area contributed by atoms with Crippen LogP contribution in [0.1, 0.15) is 44.1 Å². The predicted molar refractivity (Wildman–Crippen MR) is 79.4 cm³/mol. The fraction of sp³-hybridized carbons (Fsp3) is 0.500. The summed E-state index contributed by atoms with van der Waals surface area (Å²) in [7, 11) is 0. The molecule has 0 unspecified atom stereocenters. The van der Waals surface area contributed by atoms with Gasteiger partial charge in [0.05, 0.1) is 0 Å². The van der Waals surface area contributed by atoms with Gasteiger partial charge in [-0.15, -0.1) is 0 Å². The molecule has 1 aromatic rings. The van der Waals surface area contributed by atoms with Gasteiger partial charge in [-0.2, -0.15) is 0 Å². The van der Waals surface area contributed by atoms with Crippen molar-refractivity contribution in [2.45, 2.75) is 51.5 Å². The minimum Gasteiger partial charge on any atom is -0.353 e. The quantitative estimate of drug-likeness (QED) is 0.829. The summed E-state index contributed by atoms with van der Waals surface area (Å²) in [6.07, 6.45) is 5.54. The first-order valence-electron chi connectivity index (χ1n) is 7.29. The van der Waals surface area contributed by atoms with Gasteiger partial charge in [-0.1, -0.05) is 37.0 Å². The van der Waals surface area contributed by atoms with Gasteiger partial charge in [0.25, 0.3) is 0 Å². The number of hydrogen-bond donors (Lipinski definition) is 2. The van der Waals surface area contributed by atoms with E-state index in [0.29, 0.717) is 0 Å². The van der Waals surface area contributed by atoms with E-state index >= 15 is 0 Å². The first kappa shape index (κ1) is 14.6. The van der Waals surface area contributed by atoms with Crippen LogP contribution in [0, 0.1) is 6.92 Å². The van der Waals surface area contributed by atoms with Gasteiger partial charge in [-0.3, -0.25) is 9.59 Å². The smallest absolute Gasteiger partial charge is 0.233 e. The van der Waals surface area contributed by atoms with Crippen LogP contribution in [0.4, 0.5) is 5.69 Å². The van der Waals surface area contributed by atoms with Crippen LogP contribution < -0.4 is 10.6 Å². The Bertz CT molecular complexity index is 462. The molecular formula is C16H22N2O2. The molecule has 1 aliphatic rings. The van der Waals surface area contributed by atoms with Gasteiger partial charge in [-0.05, 0) is 31.9 Å². The van der Waals surface area contributed by atoms with E-state index in [2.05, 4.69) is 10.6 Å². The molecule has 2 amide bonds. The summed E-state index contributed by atoms with van der Waals surface area (Å²) < 4.78 is 0. The van der Waals surface area contributed by atoms with E-state index in [1.54, 1.807) is 0 Å². The van der Waals surface area contributed by atoms with E-state index in [-0.39, 0.29) is 24.3 Å². The number of nitrogens with one attached hydrogen (secondary N) is 2. The van der Waals surface area contributed by atoms with Crippen molar-refractivity contribution in [3.8, 4) is 0 Å². The summed E-state index contributed by atoms with van der Waals surface area (Å²) in [5.41, 5.74) is 1.86. The number of amides is 2. The van der Waals surface area contributed by atoms with Crippen LogP contribution in [0.5, 0.6) is 0 Å². The van der Waals surface area contributed by atoms with Gasteiger partial charge < -0.3 is 10.6 Å². The molecule has 1 fully saturated rings. The summed E-state index contributed by atoms with van der Waals surface area (Å²) in [6, 6.07) is 7.79. The van der Waals surface area contributed by atoms with Crippen LogP contribution in [-0.2, 0) is 9.59 Å². The van der Waals surface area contributed by atoms with Gasteiger partial charge in [-0.25, -0.2) is 0 Å². The Balaban J connectivity index is 1.75. The fourth-order valence-corrected chi connectivity index (χ4v) is 2.51. The van der Waals surface area contributed by atoms with E-state index in [9.17, 15) is 9.59 Å². The van der Waals surface area contributed by atoms with Crippen LogP contribution in [0.3, 0.4) is 0 Å². The number of aryl methyl sites for hydroxylation is 1. The highest BCUT2D eigenvalue weighted by molar-refractivity contribution is 6.03. The summed E-state index contributed by atoms with van der Waals surface area (Å²) >= 11 is 0. The second kappa shape index (κ2) is 7.08. The van der Waals surface area contributed by atoms with Crippen LogP contribution in [0.15, 0.2) is 24.3 Å². The molecule has 0 heterocycles. The highest BCUT2D eigenvalue weighted by Gasteiger charge is 2.17. The number of benzene rings is 1. The molecule has 0 aliphatic heterocycles. The van der Waals surface area contributed by atoms with Crippen molar-refractivity contribution in [3.05, 3.63) is 29.8 Å². The van der Waals surface area contributed by atoms with E-state index < -0.39 is 0 Å². The van der Waals surface area contributed by atoms with Crippen molar-refractivity contribution in [1.29, 1.82) is 0 Å². The van der Waals surface area contributed by atoms with Crippen molar-refractivity contribution < 1.29 is 9.59 Å². The fourth-order valence-electron chi connectivity index (χ4n) is 2.51. The summed E-state index contributed by atoms with van der Waals surface area (Å²) in [4.78, 5) is 23.6. The second-order valence-corrected chi connectivity index (χ2v) is 5.49. The average molecular weight is 274 g/mol. The average Bonchev–Trinajstić information content (AvgIpc) is 2.42. The molecule has 0 aromatic heterocycles. The number of hydrogen-bond acceptors (Lipinski definition) is 2. The minimum absolute atomic E-state index is 0.107. The molecule has 4 heteroatoms. The SMILES string of the molecule is Cc1ccc(NC(=O)CC(=O)NC2CCCCC2)cc1. The van der Waals surface area contributed by atoms with E-state index in [4.69, 9.17) is 0 Å². The maximum Gasteiger partial charge on any atom is 0.233 e. The molecular weight excluding hydrogens is 252 g/mol. The topological polar surface area (TPSA) is 58.2 Å². The van der Waals surface area contributed by atoms with Crippen LogP contribution >= 0.6 is 0 Å². The summed E-state index contributed by atoms with van der Waals surface area (Å²) in [6.45, 7) is 1.99. The molecule has 2 N–H and O–H groups in total. The van der Waals surface area contributed by atoms with Crippen molar-refractivity contribution in [2.75, 3.05) is 5.32 Å². The molecule has 0 spiro atoms. The Labute approximate surface area is 119 Å². The first-order chi connectivity index (χ1) is 9.63. The highest BCUT2D eigenvalue weighted by Crippen LogP contribution is 2.17. The zero-order valence-corrected chi connectivity index (χ0v) is 11.9. The molecule has 0 saturated heterocycles. The maximum absolute atomic E-state index is 11.8. The van der Waals surface area contributed by atoms with E-state index in [1.165, 1.54) is 19.3 Å². The van der Waals surface area contributed by atoms with Gasteiger partial charge >= 0.3 is 0 Å². The second-order valence-electron chi connectivity index (χ2n) is 5.49. The van der Waals surface area contributed by atoms with E-state index in [0.717, 1.165) is 24.1 Å². The molecule has 0 bridgehead atoms. The molecule has 2 rings (SSSR count). The summed E-state index contributed by atoms with van der Waals surface area (Å²) in [5, 5.41) is 5.68. The standard InChI is InChI=1S/C16H22N2O2/c1-12-7-9-14(10-8-12)18-16(20)11-15(19)17-13-5-3-2-4-6-13/h7-10,13H,2-6,11H2,1H3,(H,17,19)(H,18,20). The highest BCUT2D eigenvalue weighted by atomic mass is 16.2. The lowest BCUT2D eigenvalue weighted by atomic mass is 9.95. The van der Waals surface area contributed by atoms with Gasteiger partial charge in [0.1, 0.15) is 6.42 Å². The Morgan fingerprint density at radius 2 is 1.70 bits per heavy atom. The Morgan fingerprint density at radius 3 is 2.35 bits per heavy atom. The molecule has 0 radical (unpaired) electrons. The van der Waals surface area contributed by atoms with Gasteiger partial charge in [0.15, 0.2) is 0 Å². The Hall–Kier alpha value is -1.84. The molecule has 20 heavy (non-hydrogen) atoms. The molecule has 1 saturated carbocycles. The van der Waals surface area contributed by atoms with Crippen molar-refractivity contribution in [2.24, 2.45) is 0 Å². The number of rotatable bonds is 4. The Morgan fingerprint density at radius 1 is 1.05 bits per heavy atom. The zero-order chi connectivity index (χ0) is 14.4. The molecule has 4 nitrogen and oxygen atoms in total. The Kier molecular flexibility index (Phi) is 5.16. The largest absolute Gasteiger partial charge is 0.353 e. The van der Waals surface area contributed by atoms with Crippen LogP contribution in [0.25, 0.3) is 0 Å². The molecule has 108 valence electrons. The van der Waals surface area contributed by atoms with Gasteiger partial charge in [0, 0.05) is 11.7 Å². The van der Waals surface area contributed by atoms with E-state index in [1.807, 2.05) is 31.2 Å². The van der Waals surface area contributed by atoms with Crippen LogP contribution in [0.2, 0.25) is 0 Å². The molecule has 1 aliphatic carbocycles. The van der Waals surface area contributed by atoms with Gasteiger partial charge in [0.2, 0.25) is 11.8 Å². The number of carbonyl (C=O) groups is 2. The normalized spacial score (nSPS) is 15.7. The summed E-state index contributed by atoms with van der Waals surface area (Å²) in [5.74, 6) is -0.441. The van der Waals surface area contributed by atoms with Crippen molar-refractivity contribution in [1.82, 2.24) is 5.32 Å². The lowest BCUT2D eigenvalue weighted by Crippen LogP contribution is -2.37. The monoisotopic (exact) mass is 274 g/mol. The first-order valence-corrected chi connectivity index (χ1v) is 7.29. The molecule has 1 aromatic carbocycles. The third kappa shape index (κ3) is 4.68. The number of carbonyl (C=O) groups excluding carboxylic acids is 2.